The predicted octanol–water partition coefficient (Wildman–Crippen LogP) is 0.916. The molecule has 2 fully saturated rings. The van der Waals surface area contributed by atoms with Crippen molar-refractivity contribution in [2.24, 2.45) is 5.92 Å². The lowest BCUT2D eigenvalue weighted by Crippen LogP contribution is -2.29. The molecule has 2 aliphatic rings. The van der Waals surface area contributed by atoms with Gasteiger partial charge in [0.1, 0.15) is 11.6 Å². The summed E-state index contributed by atoms with van der Waals surface area (Å²) in [6.45, 7) is 0. The van der Waals surface area contributed by atoms with Crippen LogP contribution in [-0.4, -0.2) is 22.9 Å². The highest BCUT2D eigenvalue weighted by Crippen LogP contribution is 2.34. The van der Waals surface area contributed by atoms with Gasteiger partial charge < -0.3 is 11.1 Å². The van der Waals surface area contributed by atoms with Crippen molar-refractivity contribution in [3.63, 3.8) is 0 Å². The zero-order valence-electron chi connectivity index (χ0n) is 9.73. The van der Waals surface area contributed by atoms with Crippen molar-refractivity contribution in [1.82, 2.24) is 10.3 Å². The maximum atomic E-state index is 12.2. The number of carbonyl (C=O) groups excluding carboxylic acids is 1. The molecule has 2 bridgehead atoms. The van der Waals surface area contributed by atoms with E-state index in [1.165, 1.54) is 6.42 Å². The first-order valence-corrected chi connectivity index (χ1v) is 6.22. The molecule has 0 aliphatic carbocycles. The second-order valence-corrected chi connectivity index (χ2v) is 5.08. The number of nitrogens with zero attached hydrogens (tertiary/aromatic N) is 1. The van der Waals surface area contributed by atoms with Crippen LogP contribution in [0.3, 0.4) is 0 Å². The maximum absolute atomic E-state index is 12.2. The molecule has 4 nitrogen and oxygen atoms in total. The van der Waals surface area contributed by atoms with Crippen LogP contribution in [0, 0.1) is 5.92 Å². The number of Topliss-reactive ketones (excluding diaryl/α,β-unsaturated/α-hetero) is 1. The van der Waals surface area contributed by atoms with Crippen LogP contribution in [0.25, 0.3) is 0 Å². The molecule has 2 aliphatic heterocycles. The highest BCUT2D eigenvalue weighted by Gasteiger charge is 2.42. The van der Waals surface area contributed by atoms with Gasteiger partial charge >= 0.3 is 0 Å². The standard InChI is InChI=1S/C13H17N3O/c14-13-8(2-1-5-15-13)6-12(17)10-7-9-3-4-11(10)16-9/h1-2,5,9-11,16H,3-4,6-7H2,(H2,14,15). The zero-order chi connectivity index (χ0) is 11.8. The summed E-state index contributed by atoms with van der Waals surface area (Å²) >= 11 is 0. The Bertz CT molecular complexity index is 446. The van der Waals surface area contributed by atoms with Gasteiger partial charge in [-0.1, -0.05) is 6.07 Å². The Kier molecular flexibility index (Phi) is 2.59. The minimum atomic E-state index is 0.188. The van der Waals surface area contributed by atoms with E-state index in [0.29, 0.717) is 30.1 Å². The molecule has 0 saturated carbocycles. The SMILES string of the molecule is Nc1ncccc1CC(=O)C1CC2CCC1N2. The Balaban J connectivity index is 1.70. The molecule has 0 aromatic carbocycles. The predicted molar refractivity (Wildman–Crippen MR) is 65.4 cm³/mol. The third kappa shape index (κ3) is 1.93. The molecule has 3 heterocycles. The minimum absolute atomic E-state index is 0.188. The summed E-state index contributed by atoms with van der Waals surface area (Å²) in [6.07, 6.45) is 5.45. The fourth-order valence-electron chi connectivity index (χ4n) is 3.10. The van der Waals surface area contributed by atoms with E-state index >= 15 is 0 Å². The van der Waals surface area contributed by atoms with Crippen LogP contribution in [0.5, 0.6) is 0 Å². The quantitative estimate of drug-likeness (QED) is 0.811. The van der Waals surface area contributed by atoms with Gasteiger partial charge in [-0.3, -0.25) is 4.79 Å². The molecule has 1 aromatic rings. The van der Waals surface area contributed by atoms with Crippen LogP contribution < -0.4 is 11.1 Å². The number of hydrogen-bond acceptors (Lipinski definition) is 4. The first-order valence-electron chi connectivity index (χ1n) is 6.22. The lowest BCUT2D eigenvalue weighted by atomic mass is 9.84. The number of nitrogen functional groups attached to an aromatic ring is 1. The summed E-state index contributed by atoms with van der Waals surface area (Å²) in [6, 6.07) is 4.70. The second kappa shape index (κ2) is 4.11. The molecular weight excluding hydrogens is 214 g/mol. The lowest BCUT2D eigenvalue weighted by Gasteiger charge is -2.18. The number of ketones is 1. The summed E-state index contributed by atoms with van der Waals surface area (Å²) < 4.78 is 0. The van der Waals surface area contributed by atoms with E-state index in [0.717, 1.165) is 18.4 Å². The molecule has 0 radical (unpaired) electrons. The van der Waals surface area contributed by atoms with E-state index in [2.05, 4.69) is 10.3 Å². The second-order valence-electron chi connectivity index (χ2n) is 5.08. The summed E-state index contributed by atoms with van der Waals surface area (Å²) in [5.74, 6) is 0.981. The Hall–Kier alpha value is -1.42. The summed E-state index contributed by atoms with van der Waals surface area (Å²) in [4.78, 5) is 16.3. The Labute approximate surface area is 101 Å². The van der Waals surface area contributed by atoms with Crippen LogP contribution in [0.2, 0.25) is 0 Å². The normalized spacial score (nSPS) is 30.7. The molecule has 0 amide bonds. The summed E-state index contributed by atoms with van der Waals surface area (Å²) in [5.41, 5.74) is 6.63. The number of carbonyl (C=O) groups is 1. The first-order chi connectivity index (χ1) is 8.24. The van der Waals surface area contributed by atoms with Crippen molar-refractivity contribution >= 4 is 11.6 Å². The Morgan fingerprint density at radius 3 is 3.06 bits per heavy atom. The van der Waals surface area contributed by atoms with Crippen LogP contribution in [0.4, 0.5) is 5.82 Å². The number of pyridine rings is 1. The zero-order valence-corrected chi connectivity index (χ0v) is 9.73. The van der Waals surface area contributed by atoms with E-state index < -0.39 is 0 Å². The smallest absolute Gasteiger partial charge is 0.142 e. The van der Waals surface area contributed by atoms with Gasteiger partial charge in [0.15, 0.2) is 0 Å². The molecule has 3 N–H and O–H groups in total. The van der Waals surface area contributed by atoms with E-state index in [9.17, 15) is 4.79 Å². The monoisotopic (exact) mass is 231 g/mol. The van der Waals surface area contributed by atoms with Crippen molar-refractivity contribution in [2.75, 3.05) is 5.73 Å². The lowest BCUT2D eigenvalue weighted by molar-refractivity contribution is -0.122. The van der Waals surface area contributed by atoms with Crippen LogP contribution >= 0.6 is 0 Å². The molecular formula is C13H17N3O. The molecule has 3 unspecified atom stereocenters. The van der Waals surface area contributed by atoms with Gasteiger partial charge in [0.05, 0.1) is 0 Å². The molecule has 1 aromatic heterocycles. The number of aromatic nitrogens is 1. The molecule has 90 valence electrons. The van der Waals surface area contributed by atoms with Crippen LogP contribution in [0.15, 0.2) is 18.3 Å². The van der Waals surface area contributed by atoms with Gasteiger partial charge in [-0.05, 0) is 25.3 Å². The molecule has 4 heteroatoms. The van der Waals surface area contributed by atoms with Crippen LogP contribution in [-0.2, 0) is 11.2 Å². The number of rotatable bonds is 3. The number of anilines is 1. The van der Waals surface area contributed by atoms with Crippen molar-refractivity contribution in [2.45, 2.75) is 37.8 Å². The molecule has 17 heavy (non-hydrogen) atoms. The van der Waals surface area contributed by atoms with Crippen molar-refractivity contribution in [3.8, 4) is 0 Å². The van der Waals surface area contributed by atoms with Crippen molar-refractivity contribution < 1.29 is 4.79 Å². The fourth-order valence-corrected chi connectivity index (χ4v) is 3.10. The van der Waals surface area contributed by atoms with E-state index in [4.69, 9.17) is 5.73 Å². The molecule has 3 atom stereocenters. The van der Waals surface area contributed by atoms with Crippen LogP contribution in [0.1, 0.15) is 24.8 Å². The molecule has 2 saturated heterocycles. The summed E-state index contributed by atoms with van der Waals surface area (Å²) in [5, 5.41) is 3.49. The first kappa shape index (κ1) is 10.7. The highest BCUT2D eigenvalue weighted by atomic mass is 16.1. The fraction of sp³-hybridized carbons (Fsp3) is 0.538. The van der Waals surface area contributed by atoms with E-state index in [1.54, 1.807) is 6.20 Å². The highest BCUT2D eigenvalue weighted by molar-refractivity contribution is 5.85. The Morgan fingerprint density at radius 1 is 1.53 bits per heavy atom. The molecule has 0 spiro atoms. The van der Waals surface area contributed by atoms with E-state index in [-0.39, 0.29) is 5.92 Å². The number of nitrogens with two attached hydrogens (primary N) is 1. The number of nitrogens with one attached hydrogen (secondary N) is 1. The van der Waals surface area contributed by atoms with E-state index in [1.807, 2.05) is 12.1 Å². The molecule has 3 rings (SSSR count). The summed E-state index contributed by atoms with van der Waals surface area (Å²) in [7, 11) is 0. The third-order valence-electron chi connectivity index (χ3n) is 4.00. The van der Waals surface area contributed by atoms with Gasteiger partial charge in [0.2, 0.25) is 0 Å². The number of hydrogen-bond donors (Lipinski definition) is 2. The average molecular weight is 231 g/mol. The van der Waals surface area contributed by atoms with Crippen molar-refractivity contribution in [1.29, 1.82) is 0 Å². The topological polar surface area (TPSA) is 68.0 Å². The Morgan fingerprint density at radius 2 is 2.41 bits per heavy atom. The van der Waals surface area contributed by atoms with Gasteiger partial charge in [-0.25, -0.2) is 4.98 Å². The van der Waals surface area contributed by atoms with Gasteiger partial charge in [-0.2, -0.15) is 0 Å². The van der Waals surface area contributed by atoms with Gasteiger partial charge in [0, 0.05) is 36.2 Å². The maximum Gasteiger partial charge on any atom is 0.142 e. The third-order valence-corrected chi connectivity index (χ3v) is 4.00. The van der Waals surface area contributed by atoms with Crippen molar-refractivity contribution in [3.05, 3.63) is 23.9 Å². The average Bonchev–Trinajstić information content (AvgIpc) is 2.94. The number of fused-ring (bicyclic) bond motifs is 2. The van der Waals surface area contributed by atoms with Gasteiger partial charge in [0.25, 0.3) is 0 Å². The largest absolute Gasteiger partial charge is 0.383 e. The minimum Gasteiger partial charge on any atom is -0.383 e. The van der Waals surface area contributed by atoms with Gasteiger partial charge in [-0.15, -0.1) is 0 Å².